The van der Waals surface area contributed by atoms with Crippen LogP contribution in [0.5, 0.6) is 17.4 Å². The molecule has 0 amide bonds. The minimum absolute atomic E-state index is 0. The van der Waals surface area contributed by atoms with Gasteiger partial charge in [0.15, 0.2) is 5.69 Å². The van der Waals surface area contributed by atoms with Gasteiger partial charge in [-0.05, 0) is 70.1 Å². The van der Waals surface area contributed by atoms with E-state index in [0.717, 1.165) is 38.1 Å². The van der Waals surface area contributed by atoms with Crippen molar-refractivity contribution in [2.75, 3.05) is 13.1 Å². The van der Waals surface area contributed by atoms with Crippen LogP contribution in [-0.2, 0) is 37.6 Å². The van der Waals surface area contributed by atoms with Crippen LogP contribution >= 0.6 is 0 Å². The summed E-state index contributed by atoms with van der Waals surface area (Å²) in [7, 11) is -9.43. The summed E-state index contributed by atoms with van der Waals surface area (Å²) in [6.07, 6.45) is 4.79. The Labute approximate surface area is 406 Å². The standard InChI is InChI=1S/2C20H16N4O5S.C6H16N2.Cr/c2*1-12-18(20(26)24(23-12)13-7-3-2-4-8-13)21-22-19-15-10-6-5-9-14(15)17(11-16(19)25)30(27,28)29;7-5-3-1-2-4-6-8;/h2-11,25-26H,1H3,(H,27,28,29);2-11,23,25H,1H3,(H,27,28,29);1-8H2;/q;;;+3/p-3. The van der Waals surface area contributed by atoms with Crippen molar-refractivity contribution in [2.45, 2.75) is 49.3 Å². The number of aromatic amines is 1. The largest absolute Gasteiger partial charge is 3.00 e. The molecule has 0 atom stereocenters. The number of benzene rings is 6. The van der Waals surface area contributed by atoms with Gasteiger partial charge in [0.25, 0.3) is 15.7 Å². The van der Waals surface area contributed by atoms with Gasteiger partial charge in [0, 0.05) is 33.5 Å². The van der Waals surface area contributed by atoms with Crippen molar-refractivity contribution in [1.82, 2.24) is 19.6 Å². The molecule has 0 unspecified atom stereocenters. The SMILES string of the molecule is Cc1[nH]n(-c2ccccc2)c(=O)c1N=Nc1c(O)cc(S(=O)(=O)O)c2ccccc12.Cc1nn(-c2ccccc2)c([O-])c1N=Nc1c([O-])cc(S(=O)(=O)[O-])c2ccccc12.NCCCCCCN.[Cr+3]. The third-order valence-electron chi connectivity index (χ3n) is 10.1. The van der Waals surface area contributed by atoms with Crippen LogP contribution in [0.15, 0.2) is 156 Å². The molecular weight excluding hydrogens is 969 g/mol. The van der Waals surface area contributed by atoms with Crippen LogP contribution in [0.3, 0.4) is 0 Å². The van der Waals surface area contributed by atoms with Crippen LogP contribution < -0.4 is 27.2 Å². The van der Waals surface area contributed by atoms with Crippen LogP contribution in [0.4, 0.5) is 22.7 Å². The fourth-order valence-electron chi connectivity index (χ4n) is 6.86. The molecule has 0 aliphatic carbocycles. The molecule has 69 heavy (non-hydrogen) atoms. The molecule has 0 saturated heterocycles. The van der Waals surface area contributed by atoms with Crippen LogP contribution in [-0.4, -0.2) is 63.7 Å². The molecule has 357 valence electrons. The van der Waals surface area contributed by atoms with E-state index in [2.05, 4.69) is 30.7 Å². The number of aromatic hydroxyl groups is 1. The second-order valence-corrected chi connectivity index (χ2v) is 17.7. The Hall–Kier alpha value is -7.07. The maximum atomic E-state index is 12.7. The summed E-state index contributed by atoms with van der Waals surface area (Å²) < 4.78 is 69.8. The third-order valence-corrected chi connectivity index (χ3v) is 11.9. The number of para-hydroxylation sites is 2. The number of phenolic OH excluding ortho intramolecular Hbond substituents is 1. The molecule has 0 aliphatic rings. The van der Waals surface area contributed by atoms with Gasteiger partial charge in [-0.25, -0.2) is 17.8 Å². The second-order valence-electron chi connectivity index (χ2n) is 14.9. The maximum Gasteiger partial charge on any atom is 3.00 e. The monoisotopic (exact) mass is 1010 g/mol. The van der Waals surface area contributed by atoms with E-state index in [-0.39, 0.29) is 61.7 Å². The van der Waals surface area contributed by atoms with Gasteiger partial charge in [-0.15, -0.1) is 15.3 Å². The van der Waals surface area contributed by atoms with E-state index in [4.69, 9.17) is 11.5 Å². The van der Waals surface area contributed by atoms with E-state index in [0.29, 0.717) is 22.8 Å². The number of hydrogen-bond acceptors (Lipinski definition) is 16. The zero-order chi connectivity index (χ0) is 49.2. The van der Waals surface area contributed by atoms with Crippen molar-refractivity contribution in [3.63, 3.8) is 0 Å². The minimum Gasteiger partial charge on any atom is -0.871 e. The van der Waals surface area contributed by atoms with E-state index >= 15 is 0 Å². The van der Waals surface area contributed by atoms with E-state index in [1.807, 2.05) is 6.07 Å². The summed E-state index contributed by atoms with van der Waals surface area (Å²) in [5.74, 6) is -1.81. The zero-order valence-electron chi connectivity index (χ0n) is 37.0. The topological polar surface area (TPSA) is 335 Å². The van der Waals surface area contributed by atoms with Gasteiger partial charge in [0.05, 0.1) is 33.3 Å². The number of nitrogens with zero attached hydrogens (tertiary/aromatic N) is 7. The number of hydrogen-bond donors (Lipinski definition) is 5. The summed E-state index contributed by atoms with van der Waals surface area (Å²) >= 11 is 0. The van der Waals surface area contributed by atoms with E-state index < -0.39 is 53.0 Å². The van der Waals surface area contributed by atoms with Crippen molar-refractivity contribution in [3.05, 3.63) is 143 Å². The predicted octanol–water partition coefficient (Wildman–Crippen LogP) is 7.26. The molecule has 23 heteroatoms. The first kappa shape index (κ1) is 52.9. The number of unbranched alkanes of at least 4 members (excludes halogenated alkanes) is 3. The van der Waals surface area contributed by atoms with Gasteiger partial charge >= 0.3 is 17.4 Å². The smallest absolute Gasteiger partial charge is 0.871 e. The zero-order valence-corrected chi connectivity index (χ0v) is 39.9. The Balaban J connectivity index is 0.000000220. The molecule has 0 saturated carbocycles. The summed E-state index contributed by atoms with van der Waals surface area (Å²) in [6, 6.07) is 31.5. The van der Waals surface area contributed by atoms with Crippen LogP contribution in [0.1, 0.15) is 37.1 Å². The number of phenols is 1. The maximum absolute atomic E-state index is 12.7. The fourth-order valence-corrected chi connectivity index (χ4v) is 8.27. The Morgan fingerprint density at radius 1 is 0.638 bits per heavy atom. The molecule has 8 rings (SSSR count). The molecule has 0 spiro atoms. The molecule has 0 bridgehead atoms. The number of aromatic nitrogens is 4. The van der Waals surface area contributed by atoms with Crippen molar-refractivity contribution < 1.29 is 58.6 Å². The fraction of sp³-hybridized carbons (Fsp3) is 0.174. The molecule has 1 radical (unpaired) electrons. The first-order valence-corrected chi connectivity index (χ1v) is 23.6. The third kappa shape index (κ3) is 12.5. The first-order valence-electron chi connectivity index (χ1n) is 20.8. The molecule has 0 aliphatic heterocycles. The van der Waals surface area contributed by atoms with Crippen molar-refractivity contribution in [1.29, 1.82) is 0 Å². The number of rotatable bonds is 13. The quantitative estimate of drug-likeness (QED) is 0.0432. The number of nitrogens with two attached hydrogens (primary N) is 2. The van der Waals surface area contributed by atoms with Gasteiger partial charge in [0.2, 0.25) is 0 Å². The van der Waals surface area contributed by atoms with Crippen molar-refractivity contribution in [2.24, 2.45) is 31.9 Å². The Bertz CT molecular complexity index is 3410. The minimum atomic E-state index is -4.86. The summed E-state index contributed by atoms with van der Waals surface area (Å²) in [4.78, 5) is 11.7. The Morgan fingerprint density at radius 2 is 1.10 bits per heavy atom. The van der Waals surface area contributed by atoms with E-state index in [1.54, 1.807) is 86.6 Å². The normalized spacial score (nSPS) is 11.6. The second kappa shape index (κ2) is 23.3. The average molecular weight is 1010 g/mol. The summed E-state index contributed by atoms with van der Waals surface area (Å²) in [5, 5.41) is 59.1. The van der Waals surface area contributed by atoms with Gasteiger partial charge in [-0.1, -0.05) is 104 Å². The summed E-state index contributed by atoms with van der Waals surface area (Å²) in [5.41, 5.74) is 11.9. The molecule has 2 aromatic heterocycles. The number of nitrogens with one attached hydrogen (secondary N) is 1. The van der Waals surface area contributed by atoms with Gasteiger partial charge in [-0.3, -0.25) is 14.4 Å². The van der Waals surface area contributed by atoms with Gasteiger partial charge in [0.1, 0.15) is 32.1 Å². The van der Waals surface area contributed by atoms with Crippen molar-refractivity contribution >= 4 is 64.5 Å². The number of aryl methyl sites for hydroxylation is 2. The first-order chi connectivity index (χ1) is 32.5. The molecule has 8 aromatic rings. The molecule has 2 heterocycles. The Kier molecular flexibility index (Phi) is 17.9. The molecule has 20 nitrogen and oxygen atoms in total. The van der Waals surface area contributed by atoms with Crippen LogP contribution in [0.2, 0.25) is 0 Å². The summed E-state index contributed by atoms with van der Waals surface area (Å²) in [6.45, 7) is 4.89. The Morgan fingerprint density at radius 3 is 1.64 bits per heavy atom. The van der Waals surface area contributed by atoms with Crippen LogP contribution in [0, 0.1) is 13.8 Å². The number of azo groups is 2. The molecule has 7 N–H and O–H groups in total. The van der Waals surface area contributed by atoms with Gasteiger partial charge in [-0.2, -0.15) is 18.6 Å². The van der Waals surface area contributed by atoms with Crippen LogP contribution in [0.25, 0.3) is 32.9 Å². The average Bonchev–Trinajstić information content (AvgIpc) is 3.77. The van der Waals surface area contributed by atoms with E-state index in [9.17, 15) is 46.1 Å². The van der Waals surface area contributed by atoms with Crippen molar-refractivity contribution in [3.8, 4) is 28.8 Å². The molecule has 0 fully saturated rings. The van der Waals surface area contributed by atoms with Gasteiger partial charge < -0.3 is 31.3 Å². The number of H-pyrrole nitrogens is 1. The number of fused-ring (bicyclic) bond motifs is 2. The predicted molar refractivity (Wildman–Crippen MR) is 251 cm³/mol. The molecular formula is C46H45CrN10O10S2. The molecule has 6 aromatic carbocycles. The van der Waals surface area contributed by atoms with E-state index in [1.165, 1.54) is 52.5 Å².